The fourth-order valence-corrected chi connectivity index (χ4v) is 2.38. The van der Waals surface area contributed by atoms with Crippen molar-refractivity contribution in [2.24, 2.45) is 0 Å². The number of aromatic nitrogens is 2. The highest BCUT2D eigenvalue weighted by Crippen LogP contribution is 2.19. The van der Waals surface area contributed by atoms with Crippen LogP contribution in [0.3, 0.4) is 0 Å². The van der Waals surface area contributed by atoms with Gasteiger partial charge in [-0.05, 0) is 19.4 Å². The first-order valence-corrected chi connectivity index (χ1v) is 6.87. The highest BCUT2D eigenvalue weighted by atomic mass is 16.5. The Morgan fingerprint density at radius 3 is 2.89 bits per heavy atom. The summed E-state index contributed by atoms with van der Waals surface area (Å²) in [7, 11) is 0. The summed E-state index contributed by atoms with van der Waals surface area (Å²) in [4.78, 5) is 17.6. The molecule has 1 aliphatic rings. The normalized spacial score (nSPS) is 21.5. The third-order valence-electron chi connectivity index (χ3n) is 3.49. The Balaban J connectivity index is 2.07. The summed E-state index contributed by atoms with van der Waals surface area (Å²) in [5.74, 6) is 0.649. The van der Waals surface area contributed by atoms with Crippen molar-refractivity contribution in [1.29, 1.82) is 0 Å². The van der Waals surface area contributed by atoms with Crippen molar-refractivity contribution in [2.45, 2.75) is 58.0 Å². The molecule has 2 rings (SSSR count). The van der Waals surface area contributed by atoms with Gasteiger partial charge in [0.15, 0.2) is 5.82 Å². The maximum Gasteiger partial charge on any atom is 0.320 e. The van der Waals surface area contributed by atoms with Gasteiger partial charge < -0.3 is 9.63 Å². The summed E-state index contributed by atoms with van der Waals surface area (Å²) >= 11 is 0. The molecule has 1 aromatic rings. The third kappa shape index (κ3) is 3.53. The summed E-state index contributed by atoms with van der Waals surface area (Å²) in [6.07, 6.45) is 3.77. The van der Waals surface area contributed by atoms with Gasteiger partial charge in [-0.2, -0.15) is 4.98 Å². The van der Waals surface area contributed by atoms with Crippen LogP contribution in [0.5, 0.6) is 0 Å². The monoisotopic (exact) mass is 267 g/mol. The highest BCUT2D eigenvalue weighted by Gasteiger charge is 2.28. The first-order chi connectivity index (χ1) is 9.08. The fourth-order valence-electron chi connectivity index (χ4n) is 2.38. The molecule has 2 heterocycles. The molecule has 6 heteroatoms. The number of carbonyl (C=O) groups is 1. The largest absolute Gasteiger partial charge is 0.480 e. The number of rotatable bonds is 4. The van der Waals surface area contributed by atoms with Crippen LogP contribution in [0.2, 0.25) is 0 Å². The number of nitrogens with zero attached hydrogens (tertiary/aromatic N) is 3. The van der Waals surface area contributed by atoms with Gasteiger partial charge in [0.2, 0.25) is 5.89 Å². The maximum absolute atomic E-state index is 11.3. The molecule has 0 aliphatic carbocycles. The van der Waals surface area contributed by atoms with Crippen molar-refractivity contribution in [3.8, 4) is 0 Å². The second-order valence-corrected chi connectivity index (χ2v) is 5.37. The minimum atomic E-state index is -0.759. The Labute approximate surface area is 112 Å². The molecule has 0 spiro atoms. The molecule has 1 unspecified atom stereocenters. The Hall–Kier alpha value is -1.43. The minimum Gasteiger partial charge on any atom is -0.480 e. The van der Waals surface area contributed by atoms with E-state index in [4.69, 9.17) is 4.52 Å². The summed E-state index contributed by atoms with van der Waals surface area (Å²) in [6, 6.07) is -0.433. The molecular weight excluding hydrogens is 246 g/mol. The van der Waals surface area contributed by atoms with Gasteiger partial charge in [0.05, 0.1) is 6.54 Å². The molecule has 1 saturated heterocycles. The first-order valence-electron chi connectivity index (χ1n) is 6.87. The lowest BCUT2D eigenvalue weighted by Crippen LogP contribution is -2.40. The maximum atomic E-state index is 11.3. The summed E-state index contributed by atoms with van der Waals surface area (Å²) < 4.78 is 5.20. The number of carboxylic acid groups (broad SMARTS) is 1. The Morgan fingerprint density at radius 1 is 1.47 bits per heavy atom. The van der Waals surface area contributed by atoms with Crippen LogP contribution in [-0.2, 0) is 11.3 Å². The summed E-state index contributed by atoms with van der Waals surface area (Å²) in [5, 5.41) is 13.2. The number of carboxylic acids is 1. The predicted octanol–water partition coefficient (Wildman–Crippen LogP) is 2.02. The molecule has 106 valence electrons. The molecule has 1 N–H and O–H groups in total. The summed E-state index contributed by atoms with van der Waals surface area (Å²) in [5.41, 5.74) is 0. The Bertz CT molecular complexity index is 431. The smallest absolute Gasteiger partial charge is 0.320 e. The first kappa shape index (κ1) is 14.0. The molecule has 1 aliphatic heterocycles. The zero-order valence-corrected chi connectivity index (χ0v) is 11.5. The van der Waals surface area contributed by atoms with Crippen LogP contribution in [0.1, 0.15) is 57.2 Å². The Kier molecular flexibility index (Phi) is 4.52. The predicted molar refractivity (Wildman–Crippen MR) is 68.7 cm³/mol. The quantitative estimate of drug-likeness (QED) is 0.899. The average Bonchev–Trinajstić information content (AvgIpc) is 2.68. The lowest BCUT2D eigenvalue weighted by atomic mass is 10.1. The topological polar surface area (TPSA) is 79.5 Å². The van der Waals surface area contributed by atoms with Gasteiger partial charge in [0.1, 0.15) is 6.04 Å². The van der Waals surface area contributed by atoms with E-state index in [9.17, 15) is 9.90 Å². The van der Waals surface area contributed by atoms with E-state index < -0.39 is 12.0 Å². The van der Waals surface area contributed by atoms with Crippen molar-refractivity contribution < 1.29 is 14.4 Å². The minimum absolute atomic E-state index is 0.219. The average molecular weight is 267 g/mol. The second-order valence-electron chi connectivity index (χ2n) is 5.37. The molecule has 0 radical (unpaired) electrons. The van der Waals surface area contributed by atoms with Gasteiger partial charge >= 0.3 is 5.97 Å². The molecule has 0 saturated carbocycles. The SMILES string of the molecule is CC(C)c1noc(CN2CCCCCC2C(=O)O)n1. The highest BCUT2D eigenvalue weighted by molar-refractivity contribution is 5.73. The van der Waals surface area contributed by atoms with Crippen molar-refractivity contribution in [2.75, 3.05) is 6.54 Å². The van der Waals surface area contributed by atoms with Gasteiger partial charge in [-0.3, -0.25) is 9.69 Å². The van der Waals surface area contributed by atoms with E-state index in [-0.39, 0.29) is 5.92 Å². The van der Waals surface area contributed by atoms with Gasteiger partial charge in [0, 0.05) is 5.92 Å². The van der Waals surface area contributed by atoms with Crippen LogP contribution in [0.25, 0.3) is 0 Å². The van der Waals surface area contributed by atoms with E-state index in [1.807, 2.05) is 18.7 Å². The van der Waals surface area contributed by atoms with Crippen molar-refractivity contribution in [1.82, 2.24) is 15.0 Å². The van der Waals surface area contributed by atoms with Gasteiger partial charge in [0.25, 0.3) is 0 Å². The fraction of sp³-hybridized carbons (Fsp3) is 0.769. The number of hydrogen-bond acceptors (Lipinski definition) is 5. The van der Waals surface area contributed by atoms with Crippen LogP contribution in [0, 0.1) is 0 Å². The molecule has 0 bridgehead atoms. The van der Waals surface area contributed by atoms with E-state index in [1.54, 1.807) is 0 Å². The zero-order chi connectivity index (χ0) is 13.8. The molecule has 19 heavy (non-hydrogen) atoms. The van der Waals surface area contributed by atoms with Crippen LogP contribution >= 0.6 is 0 Å². The molecule has 1 aromatic heterocycles. The standard InChI is InChI=1S/C13H21N3O3/c1-9(2)12-14-11(19-15-12)8-16-7-5-3-4-6-10(16)13(17)18/h9-10H,3-8H2,1-2H3,(H,17,18). The van der Waals surface area contributed by atoms with Crippen molar-refractivity contribution >= 4 is 5.97 Å². The van der Waals surface area contributed by atoms with E-state index in [0.717, 1.165) is 25.8 Å². The van der Waals surface area contributed by atoms with E-state index in [0.29, 0.717) is 24.7 Å². The Morgan fingerprint density at radius 2 is 2.26 bits per heavy atom. The molecule has 1 atom stereocenters. The van der Waals surface area contributed by atoms with Gasteiger partial charge in [-0.15, -0.1) is 0 Å². The zero-order valence-electron chi connectivity index (χ0n) is 11.5. The van der Waals surface area contributed by atoms with E-state index in [2.05, 4.69) is 10.1 Å². The van der Waals surface area contributed by atoms with Crippen LogP contribution in [0.15, 0.2) is 4.52 Å². The molecule has 0 amide bonds. The van der Waals surface area contributed by atoms with Crippen LogP contribution in [-0.4, -0.2) is 38.7 Å². The summed E-state index contributed by atoms with van der Waals surface area (Å²) in [6.45, 7) is 5.20. The number of likely N-dealkylation sites (tertiary alicyclic amines) is 1. The van der Waals surface area contributed by atoms with Crippen LogP contribution < -0.4 is 0 Å². The van der Waals surface area contributed by atoms with Gasteiger partial charge in [-0.1, -0.05) is 31.8 Å². The number of hydrogen-bond donors (Lipinski definition) is 1. The van der Waals surface area contributed by atoms with Crippen LogP contribution in [0.4, 0.5) is 0 Å². The van der Waals surface area contributed by atoms with Gasteiger partial charge in [-0.25, -0.2) is 0 Å². The molecular formula is C13H21N3O3. The van der Waals surface area contributed by atoms with Crippen molar-refractivity contribution in [3.05, 3.63) is 11.7 Å². The molecule has 0 aromatic carbocycles. The van der Waals surface area contributed by atoms with E-state index >= 15 is 0 Å². The number of aliphatic carboxylic acids is 1. The molecule has 6 nitrogen and oxygen atoms in total. The van der Waals surface area contributed by atoms with Crippen molar-refractivity contribution in [3.63, 3.8) is 0 Å². The van der Waals surface area contributed by atoms with E-state index in [1.165, 1.54) is 0 Å². The lowest BCUT2D eigenvalue weighted by molar-refractivity contribution is -0.143. The third-order valence-corrected chi connectivity index (χ3v) is 3.49. The molecule has 1 fully saturated rings. The lowest BCUT2D eigenvalue weighted by Gasteiger charge is -2.24. The second kappa shape index (κ2) is 6.14.